The van der Waals surface area contributed by atoms with E-state index in [2.05, 4.69) is 15.6 Å². The zero-order valence-corrected chi connectivity index (χ0v) is 27.8. The van der Waals surface area contributed by atoms with E-state index in [4.69, 9.17) is 0 Å². The fourth-order valence-electron chi connectivity index (χ4n) is 7.05. The summed E-state index contributed by atoms with van der Waals surface area (Å²) in [4.78, 5) is 83.3. The molecule has 0 fully saturated rings. The van der Waals surface area contributed by atoms with Crippen molar-refractivity contribution in [3.63, 3.8) is 0 Å². The molecular weight excluding hydrogens is 658 g/mol. The van der Waals surface area contributed by atoms with Crippen LogP contribution in [0.1, 0.15) is 60.8 Å². The molecule has 2 aliphatic rings. The number of hydrogen-bond acceptors (Lipinski definition) is 11. The molecule has 0 bridgehead atoms. The van der Waals surface area contributed by atoms with Gasteiger partial charge in [-0.3, -0.25) is 54.2 Å². The van der Waals surface area contributed by atoms with Crippen LogP contribution in [0.3, 0.4) is 0 Å². The summed E-state index contributed by atoms with van der Waals surface area (Å²) in [5.41, 5.74) is 1.54. The Balaban J connectivity index is 1.00. The molecule has 2 N–H and O–H groups in total. The second-order valence-electron chi connectivity index (χ2n) is 12.9. The van der Waals surface area contributed by atoms with Crippen LogP contribution in [0.4, 0.5) is 11.4 Å². The maximum atomic E-state index is 13.8. The minimum atomic E-state index is -0.632. The van der Waals surface area contributed by atoms with Crippen molar-refractivity contribution in [1.82, 2.24) is 25.4 Å². The lowest BCUT2D eigenvalue weighted by molar-refractivity contribution is -0.384. The summed E-state index contributed by atoms with van der Waals surface area (Å²) >= 11 is 0. The molecular formula is C36H31N7O8. The van der Waals surface area contributed by atoms with Gasteiger partial charge in [-0.1, -0.05) is 12.1 Å². The molecule has 0 saturated carbocycles. The van der Waals surface area contributed by atoms with Gasteiger partial charge in [0.2, 0.25) is 0 Å². The second kappa shape index (κ2) is 12.6. The van der Waals surface area contributed by atoms with Crippen LogP contribution in [0.15, 0.2) is 60.8 Å². The molecule has 2 aliphatic heterocycles. The van der Waals surface area contributed by atoms with Crippen LogP contribution >= 0.6 is 0 Å². The quantitative estimate of drug-likeness (QED) is 0.0650. The highest BCUT2D eigenvalue weighted by Crippen LogP contribution is 2.38. The van der Waals surface area contributed by atoms with Crippen LogP contribution < -0.4 is 10.6 Å². The highest BCUT2D eigenvalue weighted by molar-refractivity contribution is 6.29. The van der Waals surface area contributed by atoms with Crippen LogP contribution in [0.2, 0.25) is 0 Å². The summed E-state index contributed by atoms with van der Waals surface area (Å²) in [5.74, 6) is -2.22. The zero-order chi connectivity index (χ0) is 36.3. The first-order valence-corrected chi connectivity index (χ1v) is 16.3. The number of aromatic nitrogens is 1. The molecule has 0 saturated heterocycles. The van der Waals surface area contributed by atoms with E-state index in [1.807, 2.05) is 13.0 Å². The largest absolute Gasteiger partial charge is 0.313 e. The Hall–Kier alpha value is -6.19. The number of pyridine rings is 1. The highest BCUT2D eigenvalue weighted by Gasteiger charge is 2.39. The lowest BCUT2D eigenvalue weighted by Crippen LogP contribution is -2.51. The summed E-state index contributed by atoms with van der Waals surface area (Å²) in [6.45, 7) is 6.53. The number of hydrogen-bond donors (Lipinski definition) is 2. The second-order valence-corrected chi connectivity index (χ2v) is 12.9. The molecule has 2 atom stereocenters. The molecule has 7 rings (SSSR count). The first kappa shape index (κ1) is 33.3. The predicted molar refractivity (Wildman–Crippen MR) is 187 cm³/mol. The monoisotopic (exact) mass is 689 g/mol. The summed E-state index contributed by atoms with van der Waals surface area (Å²) in [7, 11) is 0. The number of nitrogens with one attached hydrogen (secondary N) is 2. The molecule has 5 aromatic rings. The van der Waals surface area contributed by atoms with E-state index in [-0.39, 0.29) is 41.2 Å². The van der Waals surface area contributed by atoms with Crippen molar-refractivity contribution in [2.24, 2.45) is 0 Å². The summed E-state index contributed by atoms with van der Waals surface area (Å²) < 4.78 is 0. The van der Waals surface area contributed by atoms with Gasteiger partial charge in [0.25, 0.3) is 35.0 Å². The van der Waals surface area contributed by atoms with Gasteiger partial charge in [0.05, 0.1) is 26.5 Å². The van der Waals surface area contributed by atoms with Crippen molar-refractivity contribution in [3.05, 3.63) is 109 Å². The SMILES string of the molecule is Cc1cnc2c(c1)cc1c3c(cc([N+](=O)[O-])cc32)C(=O)N([C@H](C)CNCCNC[C@@H](C)N2C(=O)c3cccc4cc([N+](=O)[O-])cc(c34)C2=O)C1=O. The summed E-state index contributed by atoms with van der Waals surface area (Å²) in [6.07, 6.45) is 1.63. The number of aryl methyl sites for hydroxylation is 1. The third-order valence-corrected chi connectivity index (χ3v) is 9.42. The summed E-state index contributed by atoms with van der Waals surface area (Å²) in [6, 6.07) is 12.3. The van der Waals surface area contributed by atoms with Gasteiger partial charge in [-0.2, -0.15) is 0 Å². The average molecular weight is 690 g/mol. The molecule has 1 aromatic heterocycles. The lowest BCUT2D eigenvalue weighted by atomic mass is 9.90. The molecule has 51 heavy (non-hydrogen) atoms. The van der Waals surface area contributed by atoms with E-state index >= 15 is 0 Å². The third kappa shape index (κ3) is 5.52. The zero-order valence-electron chi connectivity index (χ0n) is 27.8. The molecule has 258 valence electrons. The van der Waals surface area contributed by atoms with Crippen molar-refractivity contribution >= 4 is 67.5 Å². The number of imide groups is 2. The van der Waals surface area contributed by atoms with Gasteiger partial charge in [0.1, 0.15) is 0 Å². The Labute approximate surface area is 289 Å². The van der Waals surface area contributed by atoms with Crippen molar-refractivity contribution in [2.45, 2.75) is 32.9 Å². The number of nitro benzene ring substituents is 2. The maximum Gasteiger partial charge on any atom is 0.270 e. The molecule has 0 radical (unpaired) electrons. The number of amides is 4. The van der Waals surface area contributed by atoms with E-state index in [1.165, 1.54) is 24.3 Å². The number of nitro groups is 2. The summed E-state index contributed by atoms with van der Waals surface area (Å²) in [5, 5.41) is 31.9. The van der Waals surface area contributed by atoms with Crippen LogP contribution in [0, 0.1) is 27.2 Å². The van der Waals surface area contributed by atoms with Gasteiger partial charge in [-0.05, 0) is 49.9 Å². The molecule has 0 unspecified atom stereocenters. The van der Waals surface area contributed by atoms with Crippen LogP contribution in [0.25, 0.3) is 32.4 Å². The normalized spacial score (nSPS) is 15.3. The molecule has 4 amide bonds. The standard InChI is InChI=1S/C36H31N7O8/c1-18-9-22-11-27-31-26(32(22)39-15-18)12-24(43(50)51)14-29(31)36(47)41(34(27)45)20(3)17-38-8-7-37-16-19(2)40-33(44)25-6-4-5-21-10-23(42(48)49)13-28(30(21)25)35(40)46/h4-6,9-15,19-20,37-38H,7-8,16-17H2,1-3H3/t19-,20-/m1/s1. The Morgan fingerprint density at radius 3 is 1.80 bits per heavy atom. The van der Waals surface area contributed by atoms with E-state index in [1.54, 1.807) is 44.3 Å². The van der Waals surface area contributed by atoms with Gasteiger partial charge in [-0.25, -0.2) is 0 Å². The topological polar surface area (TPSA) is 198 Å². The van der Waals surface area contributed by atoms with E-state index in [0.29, 0.717) is 51.1 Å². The first-order valence-electron chi connectivity index (χ1n) is 16.3. The number of carbonyl (C=O) groups excluding carboxylic acids is 4. The minimum absolute atomic E-state index is 0.0656. The van der Waals surface area contributed by atoms with Crippen molar-refractivity contribution in [3.8, 4) is 0 Å². The number of fused-ring (bicyclic) bond motifs is 2. The molecule has 0 spiro atoms. The third-order valence-electron chi connectivity index (χ3n) is 9.42. The molecule has 4 aromatic carbocycles. The highest BCUT2D eigenvalue weighted by atomic mass is 16.6. The average Bonchev–Trinajstić information content (AvgIpc) is 3.10. The predicted octanol–water partition coefficient (Wildman–Crippen LogP) is 4.51. The van der Waals surface area contributed by atoms with Gasteiger partial charge < -0.3 is 10.6 Å². The van der Waals surface area contributed by atoms with Crippen LogP contribution in [-0.4, -0.2) is 86.5 Å². The van der Waals surface area contributed by atoms with E-state index in [9.17, 15) is 39.4 Å². The number of nitrogens with zero attached hydrogens (tertiary/aromatic N) is 5. The number of benzene rings is 4. The maximum absolute atomic E-state index is 13.8. The van der Waals surface area contributed by atoms with Gasteiger partial charge in [0.15, 0.2) is 0 Å². The molecule has 0 aliphatic carbocycles. The fraction of sp³-hybridized carbons (Fsp3) is 0.250. The molecule has 3 heterocycles. The van der Waals surface area contributed by atoms with Crippen molar-refractivity contribution in [1.29, 1.82) is 0 Å². The molecule has 15 heteroatoms. The minimum Gasteiger partial charge on any atom is -0.313 e. The smallest absolute Gasteiger partial charge is 0.270 e. The number of carbonyl (C=O) groups is 4. The van der Waals surface area contributed by atoms with Gasteiger partial charge >= 0.3 is 0 Å². The Kier molecular flexibility index (Phi) is 8.23. The van der Waals surface area contributed by atoms with Gasteiger partial charge in [0, 0.05) is 101 Å². The first-order chi connectivity index (χ1) is 24.4. The Morgan fingerprint density at radius 1 is 0.686 bits per heavy atom. The van der Waals surface area contributed by atoms with Gasteiger partial charge in [-0.15, -0.1) is 0 Å². The molecule has 15 nitrogen and oxygen atoms in total. The Bertz CT molecular complexity index is 2390. The fourth-order valence-corrected chi connectivity index (χ4v) is 7.05. The van der Waals surface area contributed by atoms with Crippen LogP contribution in [0.5, 0.6) is 0 Å². The van der Waals surface area contributed by atoms with Crippen LogP contribution in [-0.2, 0) is 0 Å². The van der Waals surface area contributed by atoms with E-state index < -0.39 is 45.6 Å². The number of rotatable bonds is 11. The lowest BCUT2D eigenvalue weighted by Gasteiger charge is -2.32. The van der Waals surface area contributed by atoms with E-state index in [0.717, 1.165) is 15.4 Å². The van der Waals surface area contributed by atoms with Crippen molar-refractivity contribution < 1.29 is 29.0 Å². The number of non-ortho nitro benzene ring substituents is 2. The van der Waals surface area contributed by atoms with Crippen molar-refractivity contribution in [2.75, 3.05) is 26.2 Å². The Morgan fingerprint density at radius 2 is 1.22 bits per heavy atom.